The molecular formula is C15H25NS. The molecule has 0 unspecified atom stereocenters. The minimum atomic E-state index is 0.795. The fourth-order valence-electron chi connectivity index (χ4n) is 2.92. The zero-order valence-corrected chi connectivity index (χ0v) is 11.8. The van der Waals surface area contributed by atoms with Gasteiger partial charge in [0.1, 0.15) is 0 Å². The minimum Gasteiger partial charge on any atom is -0.314 e. The smallest absolute Gasteiger partial charge is 0.00674 e. The lowest BCUT2D eigenvalue weighted by Crippen LogP contribution is -2.34. The summed E-state index contributed by atoms with van der Waals surface area (Å²) in [5, 5.41) is 5.90. The van der Waals surface area contributed by atoms with Crippen LogP contribution in [0, 0.1) is 5.92 Å². The Hall–Kier alpha value is -0.340. The van der Waals surface area contributed by atoms with Crippen LogP contribution in [0.4, 0.5) is 0 Å². The van der Waals surface area contributed by atoms with Gasteiger partial charge in [0, 0.05) is 17.5 Å². The van der Waals surface area contributed by atoms with Gasteiger partial charge in [0.05, 0.1) is 0 Å². The molecule has 2 rings (SSSR count). The molecule has 1 N–H and O–H groups in total. The highest BCUT2D eigenvalue weighted by atomic mass is 32.1. The van der Waals surface area contributed by atoms with E-state index in [4.69, 9.17) is 0 Å². The van der Waals surface area contributed by atoms with Gasteiger partial charge in [-0.15, -0.1) is 11.3 Å². The molecule has 2 heteroatoms. The summed E-state index contributed by atoms with van der Waals surface area (Å²) in [6.07, 6.45) is 9.70. The fraction of sp³-hybridized carbons (Fsp3) is 0.733. The van der Waals surface area contributed by atoms with Crippen molar-refractivity contribution in [2.24, 2.45) is 5.92 Å². The number of rotatable bonds is 6. The Labute approximate surface area is 110 Å². The van der Waals surface area contributed by atoms with Gasteiger partial charge in [0.25, 0.3) is 0 Å². The molecule has 96 valence electrons. The summed E-state index contributed by atoms with van der Waals surface area (Å²) >= 11 is 1.88. The molecule has 0 radical (unpaired) electrons. The molecule has 0 atom stereocenters. The lowest BCUT2D eigenvalue weighted by molar-refractivity contribution is 0.279. The van der Waals surface area contributed by atoms with E-state index in [1.54, 1.807) is 0 Å². The van der Waals surface area contributed by atoms with Crippen molar-refractivity contribution in [3.63, 3.8) is 0 Å². The summed E-state index contributed by atoms with van der Waals surface area (Å²) in [6, 6.07) is 5.18. The van der Waals surface area contributed by atoms with Crippen molar-refractivity contribution >= 4 is 11.3 Å². The zero-order chi connectivity index (χ0) is 11.9. The van der Waals surface area contributed by atoms with E-state index in [-0.39, 0.29) is 0 Å². The summed E-state index contributed by atoms with van der Waals surface area (Å²) in [4.78, 5) is 1.51. The summed E-state index contributed by atoms with van der Waals surface area (Å²) in [5.74, 6) is 1.02. The first-order chi connectivity index (χ1) is 8.38. The SMILES string of the molecule is CCCC1CCC(NCCc2cccs2)CC1. The molecule has 1 fully saturated rings. The first-order valence-corrected chi connectivity index (χ1v) is 8.02. The molecule has 0 aliphatic heterocycles. The third-order valence-corrected chi connectivity index (χ3v) is 4.86. The van der Waals surface area contributed by atoms with Crippen LogP contribution in [0.2, 0.25) is 0 Å². The van der Waals surface area contributed by atoms with E-state index >= 15 is 0 Å². The molecule has 1 nitrogen and oxygen atoms in total. The molecule has 0 amide bonds. The van der Waals surface area contributed by atoms with Gasteiger partial charge in [0.2, 0.25) is 0 Å². The number of nitrogens with one attached hydrogen (secondary N) is 1. The number of thiophene rings is 1. The van der Waals surface area contributed by atoms with E-state index in [1.165, 1.54) is 49.8 Å². The summed E-state index contributed by atoms with van der Waals surface area (Å²) in [6.45, 7) is 3.47. The fourth-order valence-corrected chi connectivity index (χ4v) is 3.63. The summed E-state index contributed by atoms with van der Waals surface area (Å²) in [7, 11) is 0. The number of hydrogen-bond donors (Lipinski definition) is 1. The second-order valence-corrected chi connectivity index (χ2v) is 6.32. The van der Waals surface area contributed by atoms with E-state index in [0.717, 1.165) is 18.5 Å². The van der Waals surface area contributed by atoms with E-state index in [2.05, 4.69) is 29.8 Å². The van der Waals surface area contributed by atoms with Crippen LogP contribution >= 0.6 is 11.3 Å². The van der Waals surface area contributed by atoms with E-state index in [1.807, 2.05) is 11.3 Å². The van der Waals surface area contributed by atoms with Gasteiger partial charge >= 0.3 is 0 Å². The Morgan fingerprint density at radius 2 is 2.12 bits per heavy atom. The molecule has 1 aromatic rings. The van der Waals surface area contributed by atoms with Gasteiger partial charge in [-0.1, -0.05) is 25.8 Å². The molecule has 17 heavy (non-hydrogen) atoms. The van der Waals surface area contributed by atoms with Gasteiger partial charge in [0.15, 0.2) is 0 Å². The maximum atomic E-state index is 3.73. The summed E-state index contributed by atoms with van der Waals surface area (Å²) in [5.41, 5.74) is 0. The second kappa shape index (κ2) is 7.17. The Balaban J connectivity index is 1.58. The van der Waals surface area contributed by atoms with Crippen molar-refractivity contribution in [2.45, 2.75) is 57.9 Å². The number of hydrogen-bond acceptors (Lipinski definition) is 2. The van der Waals surface area contributed by atoms with Gasteiger partial charge in [-0.25, -0.2) is 0 Å². The van der Waals surface area contributed by atoms with E-state index in [0.29, 0.717) is 0 Å². The first-order valence-electron chi connectivity index (χ1n) is 7.14. The summed E-state index contributed by atoms with van der Waals surface area (Å²) < 4.78 is 0. The normalized spacial score (nSPS) is 25.0. The van der Waals surface area contributed by atoms with Crippen LogP contribution in [-0.4, -0.2) is 12.6 Å². The van der Waals surface area contributed by atoms with Gasteiger partial charge in [-0.3, -0.25) is 0 Å². The molecule has 0 saturated heterocycles. The molecule has 1 aliphatic carbocycles. The van der Waals surface area contributed by atoms with Gasteiger partial charge in [-0.05, 0) is 49.5 Å². The monoisotopic (exact) mass is 251 g/mol. The molecule has 0 bridgehead atoms. The third-order valence-electron chi connectivity index (χ3n) is 3.93. The zero-order valence-electron chi connectivity index (χ0n) is 11.0. The first kappa shape index (κ1) is 13.1. The second-order valence-electron chi connectivity index (χ2n) is 5.29. The molecule has 1 aromatic heterocycles. The molecule has 1 saturated carbocycles. The highest BCUT2D eigenvalue weighted by Crippen LogP contribution is 2.27. The van der Waals surface area contributed by atoms with Crippen LogP contribution in [0.15, 0.2) is 17.5 Å². The Morgan fingerprint density at radius 1 is 1.29 bits per heavy atom. The van der Waals surface area contributed by atoms with Gasteiger partial charge < -0.3 is 5.32 Å². The molecule has 0 spiro atoms. The highest BCUT2D eigenvalue weighted by molar-refractivity contribution is 7.09. The van der Waals surface area contributed by atoms with E-state index < -0.39 is 0 Å². The van der Waals surface area contributed by atoms with Crippen LogP contribution in [0.1, 0.15) is 50.3 Å². The van der Waals surface area contributed by atoms with E-state index in [9.17, 15) is 0 Å². The van der Waals surface area contributed by atoms with Crippen molar-refractivity contribution in [1.29, 1.82) is 0 Å². The van der Waals surface area contributed by atoms with Crippen LogP contribution in [0.25, 0.3) is 0 Å². The lowest BCUT2D eigenvalue weighted by Gasteiger charge is -2.29. The third kappa shape index (κ3) is 4.44. The van der Waals surface area contributed by atoms with Crippen LogP contribution in [0.5, 0.6) is 0 Å². The molecule has 1 heterocycles. The average molecular weight is 251 g/mol. The maximum absolute atomic E-state index is 3.73. The highest BCUT2D eigenvalue weighted by Gasteiger charge is 2.19. The lowest BCUT2D eigenvalue weighted by atomic mass is 9.83. The predicted octanol–water partition coefficient (Wildman–Crippen LogP) is 4.24. The quantitative estimate of drug-likeness (QED) is 0.797. The van der Waals surface area contributed by atoms with Crippen molar-refractivity contribution < 1.29 is 0 Å². The largest absolute Gasteiger partial charge is 0.314 e. The minimum absolute atomic E-state index is 0.795. The topological polar surface area (TPSA) is 12.0 Å². The Bertz CT molecular complexity index is 286. The van der Waals surface area contributed by atoms with Crippen molar-refractivity contribution in [3.8, 4) is 0 Å². The molecule has 0 aromatic carbocycles. The Kier molecular flexibility index (Phi) is 5.53. The molecular weight excluding hydrogens is 226 g/mol. The van der Waals surface area contributed by atoms with Crippen LogP contribution in [-0.2, 0) is 6.42 Å². The van der Waals surface area contributed by atoms with Crippen LogP contribution < -0.4 is 5.32 Å². The van der Waals surface area contributed by atoms with Crippen LogP contribution in [0.3, 0.4) is 0 Å². The van der Waals surface area contributed by atoms with Crippen molar-refractivity contribution in [2.75, 3.05) is 6.54 Å². The standard InChI is InChI=1S/C15H25NS/c1-2-4-13-6-8-14(9-7-13)16-11-10-15-5-3-12-17-15/h3,5,12-14,16H,2,4,6-11H2,1H3. The average Bonchev–Trinajstić information content (AvgIpc) is 2.85. The predicted molar refractivity (Wildman–Crippen MR) is 76.7 cm³/mol. The van der Waals surface area contributed by atoms with Gasteiger partial charge in [-0.2, -0.15) is 0 Å². The van der Waals surface area contributed by atoms with Crippen molar-refractivity contribution in [3.05, 3.63) is 22.4 Å². The van der Waals surface area contributed by atoms with Crippen molar-refractivity contribution in [1.82, 2.24) is 5.32 Å². The molecule has 1 aliphatic rings. The Morgan fingerprint density at radius 3 is 2.76 bits per heavy atom. The maximum Gasteiger partial charge on any atom is 0.00674 e.